The molecule has 1 aliphatic carbocycles. The van der Waals surface area contributed by atoms with Crippen LogP contribution in [0, 0.1) is 17.3 Å². The van der Waals surface area contributed by atoms with Gasteiger partial charge >= 0.3 is 0 Å². The third-order valence-electron chi connectivity index (χ3n) is 4.65. The molecule has 2 rings (SSSR count). The van der Waals surface area contributed by atoms with Crippen LogP contribution in [0.2, 0.25) is 0 Å². The van der Waals surface area contributed by atoms with Crippen molar-refractivity contribution in [1.29, 1.82) is 0 Å². The fraction of sp³-hybridized carbons (Fsp3) is 0.846. The zero-order chi connectivity index (χ0) is 11.8. The summed E-state index contributed by atoms with van der Waals surface area (Å²) in [4.78, 5) is 23.3. The van der Waals surface area contributed by atoms with Gasteiger partial charge in [-0.05, 0) is 24.2 Å². The summed E-state index contributed by atoms with van der Waals surface area (Å²) in [5.41, 5.74) is -0.0294. The van der Waals surface area contributed by atoms with E-state index < -0.39 is 0 Å². The fourth-order valence-corrected chi connectivity index (χ4v) is 3.46. The van der Waals surface area contributed by atoms with Crippen LogP contribution >= 0.6 is 0 Å². The van der Waals surface area contributed by atoms with Gasteiger partial charge in [-0.25, -0.2) is 0 Å². The van der Waals surface area contributed by atoms with Crippen molar-refractivity contribution in [3.05, 3.63) is 0 Å². The second-order valence-corrected chi connectivity index (χ2v) is 5.54. The van der Waals surface area contributed by atoms with Crippen LogP contribution in [0.5, 0.6) is 0 Å². The molecular weight excluding hydrogens is 202 g/mol. The molecular formula is C13H21NO2. The maximum absolute atomic E-state index is 11.7. The Hall–Kier alpha value is -0.860. The maximum atomic E-state index is 11.7. The fourth-order valence-electron chi connectivity index (χ4n) is 3.46. The number of carbonyl (C=O) groups excluding carboxylic acids is 2. The van der Waals surface area contributed by atoms with Gasteiger partial charge in [-0.1, -0.05) is 33.1 Å². The minimum absolute atomic E-state index is 0.000417. The number of rotatable bonds is 1. The van der Waals surface area contributed by atoms with E-state index in [0.29, 0.717) is 12.3 Å². The van der Waals surface area contributed by atoms with Gasteiger partial charge in [0, 0.05) is 12.3 Å². The SMILES string of the molecule is CCC1CCCC2(CC(=O)NC(=O)C2C)C1. The first-order valence-electron chi connectivity index (χ1n) is 6.41. The third-order valence-corrected chi connectivity index (χ3v) is 4.65. The van der Waals surface area contributed by atoms with Gasteiger partial charge in [0.25, 0.3) is 0 Å². The first-order valence-corrected chi connectivity index (χ1v) is 6.41. The summed E-state index contributed by atoms with van der Waals surface area (Å²) in [7, 11) is 0. The molecule has 0 aromatic rings. The molecule has 0 radical (unpaired) electrons. The Kier molecular flexibility index (Phi) is 3.04. The lowest BCUT2D eigenvalue weighted by molar-refractivity contribution is -0.145. The Balaban J connectivity index is 2.20. The van der Waals surface area contributed by atoms with Gasteiger partial charge in [0.05, 0.1) is 0 Å². The van der Waals surface area contributed by atoms with E-state index >= 15 is 0 Å². The summed E-state index contributed by atoms with van der Waals surface area (Å²) in [6.07, 6.45) is 6.26. The van der Waals surface area contributed by atoms with E-state index in [0.717, 1.165) is 12.8 Å². The molecule has 0 aromatic carbocycles. The minimum Gasteiger partial charge on any atom is -0.296 e. The minimum atomic E-state index is -0.0696. The van der Waals surface area contributed by atoms with E-state index in [1.54, 1.807) is 0 Å². The molecule has 3 unspecified atom stereocenters. The quantitative estimate of drug-likeness (QED) is 0.693. The van der Waals surface area contributed by atoms with E-state index in [4.69, 9.17) is 0 Å². The van der Waals surface area contributed by atoms with E-state index in [1.165, 1.54) is 19.3 Å². The van der Waals surface area contributed by atoms with E-state index in [-0.39, 0.29) is 23.1 Å². The largest absolute Gasteiger partial charge is 0.296 e. The predicted octanol–water partition coefficient (Wildman–Crippen LogP) is 2.26. The molecule has 2 aliphatic rings. The molecule has 1 saturated heterocycles. The summed E-state index contributed by atoms with van der Waals surface area (Å²) >= 11 is 0. The molecule has 1 aliphatic heterocycles. The summed E-state index contributed by atoms with van der Waals surface area (Å²) in [5.74, 6) is 0.572. The highest BCUT2D eigenvalue weighted by Crippen LogP contribution is 2.49. The highest BCUT2D eigenvalue weighted by atomic mass is 16.2. The van der Waals surface area contributed by atoms with Gasteiger partial charge in [0.1, 0.15) is 0 Å². The van der Waals surface area contributed by atoms with Gasteiger partial charge in [-0.3, -0.25) is 14.9 Å². The Morgan fingerprint density at radius 3 is 2.88 bits per heavy atom. The molecule has 16 heavy (non-hydrogen) atoms. The molecule has 1 heterocycles. The van der Waals surface area contributed by atoms with Crippen LogP contribution < -0.4 is 5.32 Å². The van der Waals surface area contributed by atoms with Gasteiger partial charge < -0.3 is 0 Å². The lowest BCUT2D eigenvalue weighted by Crippen LogP contribution is -2.52. The van der Waals surface area contributed by atoms with Crippen molar-refractivity contribution in [3.63, 3.8) is 0 Å². The van der Waals surface area contributed by atoms with Crippen LogP contribution in [0.25, 0.3) is 0 Å². The normalized spacial score (nSPS) is 39.9. The molecule has 0 bridgehead atoms. The summed E-state index contributed by atoms with van der Waals surface area (Å²) < 4.78 is 0. The van der Waals surface area contributed by atoms with Crippen molar-refractivity contribution in [2.75, 3.05) is 0 Å². The monoisotopic (exact) mass is 223 g/mol. The molecule has 1 N–H and O–H groups in total. The van der Waals surface area contributed by atoms with Crippen molar-refractivity contribution in [2.45, 2.75) is 52.4 Å². The van der Waals surface area contributed by atoms with Crippen molar-refractivity contribution < 1.29 is 9.59 Å². The summed E-state index contributed by atoms with van der Waals surface area (Å²) in [5, 5.41) is 2.46. The molecule has 90 valence electrons. The van der Waals surface area contributed by atoms with Crippen LogP contribution in [0.1, 0.15) is 52.4 Å². The number of hydrogen-bond acceptors (Lipinski definition) is 2. The number of amides is 2. The smallest absolute Gasteiger partial charge is 0.229 e. The summed E-state index contributed by atoms with van der Waals surface area (Å²) in [6, 6.07) is 0. The average Bonchev–Trinajstić information content (AvgIpc) is 2.26. The first-order chi connectivity index (χ1) is 7.57. The molecule has 2 fully saturated rings. The molecule has 2 amide bonds. The molecule has 0 aromatic heterocycles. The van der Waals surface area contributed by atoms with Crippen LogP contribution in [0.15, 0.2) is 0 Å². The lowest BCUT2D eigenvalue weighted by atomic mass is 9.59. The van der Waals surface area contributed by atoms with Crippen molar-refractivity contribution >= 4 is 11.8 Å². The molecule has 3 nitrogen and oxygen atoms in total. The van der Waals surface area contributed by atoms with Gasteiger partial charge in [0.15, 0.2) is 0 Å². The highest BCUT2D eigenvalue weighted by Gasteiger charge is 2.47. The van der Waals surface area contributed by atoms with Crippen LogP contribution in [0.4, 0.5) is 0 Å². The molecule has 1 saturated carbocycles. The first kappa shape index (κ1) is 11.6. The Morgan fingerprint density at radius 2 is 2.19 bits per heavy atom. The second kappa shape index (κ2) is 4.19. The van der Waals surface area contributed by atoms with Gasteiger partial charge in [-0.2, -0.15) is 0 Å². The van der Waals surface area contributed by atoms with Gasteiger partial charge in [-0.15, -0.1) is 0 Å². The van der Waals surface area contributed by atoms with Gasteiger partial charge in [0.2, 0.25) is 11.8 Å². The van der Waals surface area contributed by atoms with E-state index in [2.05, 4.69) is 12.2 Å². The van der Waals surface area contributed by atoms with E-state index in [1.807, 2.05) is 6.92 Å². The zero-order valence-corrected chi connectivity index (χ0v) is 10.2. The van der Waals surface area contributed by atoms with Crippen LogP contribution in [-0.4, -0.2) is 11.8 Å². The Labute approximate surface area is 97.0 Å². The van der Waals surface area contributed by atoms with Crippen LogP contribution in [-0.2, 0) is 9.59 Å². The number of imide groups is 1. The number of hydrogen-bond donors (Lipinski definition) is 1. The zero-order valence-electron chi connectivity index (χ0n) is 10.2. The molecule has 3 atom stereocenters. The maximum Gasteiger partial charge on any atom is 0.229 e. The van der Waals surface area contributed by atoms with Crippen molar-refractivity contribution in [3.8, 4) is 0 Å². The number of nitrogens with one attached hydrogen (secondary N) is 1. The molecule has 3 heteroatoms. The topological polar surface area (TPSA) is 46.2 Å². The predicted molar refractivity (Wildman–Crippen MR) is 61.6 cm³/mol. The third kappa shape index (κ3) is 1.87. The Bertz CT molecular complexity index is 313. The molecule has 1 spiro atoms. The summed E-state index contributed by atoms with van der Waals surface area (Å²) in [6.45, 7) is 4.19. The lowest BCUT2D eigenvalue weighted by Gasteiger charge is -2.46. The van der Waals surface area contributed by atoms with Crippen LogP contribution in [0.3, 0.4) is 0 Å². The number of piperidine rings is 1. The second-order valence-electron chi connectivity index (χ2n) is 5.54. The average molecular weight is 223 g/mol. The number of carbonyl (C=O) groups is 2. The highest BCUT2D eigenvalue weighted by molar-refractivity contribution is 5.99. The standard InChI is InChI=1S/C13H21NO2/c1-3-10-5-4-6-13(7-10)8-11(15)14-12(16)9(13)2/h9-10H,3-8H2,1-2H3,(H,14,15,16). The van der Waals surface area contributed by atoms with Crippen molar-refractivity contribution in [1.82, 2.24) is 5.32 Å². The van der Waals surface area contributed by atoms with E-state index in [9.17, 15) is 9.59 Å². The Morgan fingerprint density at radius 1 is 1.44 bits per heavy atom. The van der Waals surface area contributed by atoms with Crippen molar-refractivity contribution in [2.24, 2.45) is 17.3 Å².